The molecule has 2 heterocycles. The van der Waals surface area contributed by atoms with Crippen LogP contribution in [0.4, 0.5) is 5.13 Å². The van der Waals surface area contributed by atoms with E-state index in [1.54, 1.807) is 0 Å². The summed E-state index contributed by atoms with van der Waals surface area (Å²) in [5.74, 6) is 0.816. The molecule has 0 aliphatic carbocycles. The Balaban J connectivity index is 2.02. The van der Waals surface area contributed by atoms with Crippen LogP contribution in [0, 0.1) is 12.8 Å². The molecule has 96 valence electrons. The molecule has 1 aromatic rings. The molecule has 0 amide bonds. The van der Waals surface area contributed by atoms with Crippen molar-refractivity contribution in [2.45, 2.75) is 46.7 Å². The Morgan fingerprint density at radius 2 is 2.29 bits per heavy atom. The maximum absolute atomic E-state index is 4.71. The quantitative estimate of drug-likeness (QED) is 0.894. The van der Waals surface area contributed by atoms with Crippen LogP contribution < -0.4 is 10.2 Å². The lowest BCUT2D eigenvalue weighted by molar-refractivity contribution is 0.591. The van der Waals surface area contributed by atoms with E-state index in [9.17, 15) is 0 Å². The van der Waals surface area contributed by atoms with Crippen LogP contribution >= 0.6 is 11.3 Å². The number of nitrogens with zero attached hydrogens (tertiary/aromatic N) is 2. The normalized spacial score (nSPS) is 20.5. The molecule has 3 nitrogen and oxygen atoms in total. The molecule has 1 aromatic heterocycles. The van der Waals surface area contributed by atoms with E-state index in [1.807, 2.05) is 11.3 Å². The maximum Gasteiger partial charge on any atom is 0.185 e. The van der Waals surface area contributed by atoms with Gasteiger partial charge in [-0.2, -0.15) is 0 Å². The molecule has 1 atom stereocenters. The first-order valence-electron chi connectivity index (χ1n) is 6.51. The average molecular weight is 253 g/mol. The number of aryl methyl sites for hydroxylation is 1. The van der Waals surface area contributed by atoms with Gasteiger partial charge in [0.25, 0.3) is 0 Å². The van der Waals surface area contributed by atoms with Crippen LogP contribution in [0.15, 0.2) is 0 Å². The summed E-state index contributed by atoms with van der Waals surface area (Å²) in [5, 5.41) is 4.68. The van der Waals surface area contributed by atoms with E-state index in [-0.39, 0.29) is 0 Å². The Morgan fingerprint density at radius 1 is 1.53 bits per heavy atom. The van der Waals surface area contributed by atoms with Crippen LogP contribution in [0.25, 0.3) is 0 Å². The third kappa shape index (κ3) is 3.19. The first kappa shape index (κ1) is 12.8. The highest BCUT2D eigenvalue weighted by atomic mass is 32.1. The van der Waals surface area contributed by atoms with E-state index < -0.39 is 0 Å². The summed E-state index contributed by atoms with van der Waals surface area (Å²) in [7, 11) is 0. The minimum absolute atomic E-state index is 0.534. The molecule has 1 aliphatic heterocycles. The molecule has 1 unspecified atom stereocenters. The first-order chi connectivity index (χ1) is 8.06. The average Bonchev–Trinajstić information content (AvgIpc) is 2.82. The molecular formula is C13H23N3S. The fraction of sp³-hybridized carbons (Fsp3) is 0.769. The lowest BCUT2D eigenvalue weighted by atomic mass is 10.2. The molecule has 2 rings (SSSR count). The van der Waals surface area contributed by atoms with Gasteiger partial charge in [-0.1, -0.05) is 20.8 Å². The summed E-state index contributed by atoms with van der Waals surface area (Å²) in [6, 6.07) is 0.534. The molecule has 1 fully saturated rings. The first-order valence-corrected chi connectivity index (χ1v) is 7.32. The zero-order chi connectivity index (χ0) is 12.4. The Labute approximate surface area is 108 Å². The van der Waals surface area contributed by atoms with Crippen molar-refractivity contribution in [3.63, 3.8) is 0 Å². The summed E-state index contributed by atoms with van der Waals surface area (Å²) in [4.78, 5) is 8.52. The second kappa shape index (κ2) is 5.36. The van der Waals surface area contributed by atoms with Gasteiger partial charge in [-0.3, -0.25) is 0 Å². The van der Waals surface area contributed by atoms with Crippen LogP contribution in [0.2, 0.25) is 0 Å². The lowest BCUT2D eigenvalue weighted by Crippen LogP contribution is -2.21. The van der Waals surface area contributed by atoms with E-state index in [1.165, 1.54) is 35.2 Å². The van der Waals surface area contributed by atoms with Crippen molar-refractivity contribution in [1.29, 1.82) is 0 Å². The van der Waals surface area contributed by atoms with Gasteiger partial charge in [0.2, 0.25) is 0 Å². The predicted molar refractivity (Wildman–Crippen MR) is 74.8 cm³/mol. The van der Waals surface area contributed by atoms with Crippen LogP contribution in [-0.4, -0.2) is 24.1 Å². The number of nitrogens with one attached hydrogen (secondary N) is 1. The van der Waals surface area contributed by atoms with Crippen molar-refractivity contribution in [2.75, 3.05) is 18.0 Å². The number of thiazole rings is 1. The summed E-state index contributed by atoms with van der Waals surface area (Å²) >= 11 is 1.85. The van der Waals surface area contributed by atoms with Crippen LogP contribution in [0.3, 0.4) is 0 Å². The standard InChI is InChI=1S/C13H23N3S/c1-9(2)14-7-12-11(4)15-13(17-12)16-6-5-10(3)8-16/h9-10,14H,5-8H2,1-4H3. The zero-order valence-electron chi connectivity index (χ0n) is 11.3. The van der Waals surface area contributed by atoms with E-state index >= 15 is 0 Å². The summed E-state index contributed by atoms with van der Waals surface area (Å²) < 4.78 is 0. The third-order valence-electron chi connectivity index (χ3n) is 3.25. The van der Waals surface area contributed by atoms with Gasteiger partial charge in [0.1, 0.15) is 0 Å². The van der Waals surface area contributed by atoms with Crippen LogP contribution in [0.1, 0.15) is 37.8 Å². The number of aromatic nitrogens is 1. The van der Waals surface area contributed by atoms with Gasteiger partial charge in [-0.05, 0) is 19.3 Å². The molecule has 1 N–H and O–H groups in total. The largest absolute Gasteiger partial charge is 0.348 e. The van der Waals surface area contributed by atoms with E-state index in [4.69, 9.17) is 4.98 Å². The number of hydrogen-bond donors (Lipinski definition) is 1. The number of rotatable bonds is 4. The third-order valence-corrected chi connectivity index (χ3v) is 4.46. The SMILES string of the molecule is Cc1nc(N2CCC(C)C2)sc1CNC(C)C. The topological polar surface area (TPSA) is 28.2 Å². The van der Waals surface area contributed by atoms with E-state index in [2.05, 4.69) is 37.9 Å². The Hall–Kier alpha value is -0.610. The predicted octanol–water partition coefficient (Wildman–Crippen LogP) is 2.80. The fourth-order valence-electron chi connectivity index (χ4n) is 2.12. The summed E-state index contributed by atoms with van der Waals surface area (Å²) in [6.07, 6.45) is 1.30. The van der Waals surface area contributed by atoms with Gasteiger partial charge in [-0.25, -0.2) is 4.98 Å². The molecule has 0 aromatic carbocycles. The highest BCUT2D eigenvalue weighted by molar-refractivity contribution is 7.15. The zero-order valence-corrected chi connectivity index (χ0v) is 12.1. The van der Waals surface area contributed by atoms with Crippen LogP contribution in [-0.2, 0) is 6.54 Å². The number of anilines is 1. The molecule has 0 bridgehead atoms. The molecule has 1 saturated heterocycles. The molecular weight excluding hydrogens is 230 g/mol. The number of hydrogen-bond acceptors (Lipinski definition) is 4. The van der Waals surface area contributed by atoms with E-state index in [0.717, 1.165) is 12.5 Å². The van der Waals surface area contributed by atoms with Gasteiger partial charge in [0, 0.05) is 30.6 Å². The van der Waals surface area contributed by atoms with Crippen molar-refractivity contribution < 1.29 is 0 Å². The molecule has 17 heavy (non-hydrogen) atoms. The fourth-order valence-corrected chi connectivity index (χ4v) is 3.16. The lowest BCUT2D eigenvalue weighted by Gasteiger charge is -2.13. The highest BCUT2D eigenvalue weighted by Gasteiger charge is 2.22. The summed E-state index contributed by atoms with van der Waals surface area (Å²) in [6.45, 7) is 12.1. The van der Waals surface area contributed by atoms with Gasteiger partial charge < -0.3 is 10.2 Å². The van der Waals surface area contributed by atoms with Gasteiger partial charge in [0.15, 0.2) is 5.13 Å². The second-order valence-electron chi connectivity index (χ2n) is 5.38. The van der Waals surface area contributed by atoms with Gasteiger partial charge in [0.05, 0.1) is 5.69 Å². The Kier molecular flexibility index (Phi) is 4.05. The van der Waals surface area contributed by atoms with Crippen molar-refractivity contribution in [1.82, 2.24) is 10.3 Å². The minimum atomic E-state index is 0.534. The minimum Gasteiger partial charge on any atom is -0.348 e. The molecule has 0 radical (unpaired) electrons. The van der Waals surface area contributed by atoms with Gasteiger partial charge in [-0.15, -0.1) is 11.3 Å². The monoisotopic (exact) mass is 253 g/mol. The second-order valence-corrected chi connectivity index (χ2v) is 6.44. The van der Waals surface area contributed by atoms with Gasteiger partial charge >= 0.3 is 0 Å². The summed E-state index contributed by atoms with van der Waals surface area (Å²) in [5.41, 5.74) is 1.19. The molecule has 0 spiro atoms. The Bertz CT molecular complexity index is 373. The molecule has 0 saturated carbocycles. The van der Waals surface area contributed by atoms with Crippen LogP contribution in [0.5, 0.6) is 0 Å². The maximum atomic E-state index is 4.71. The van der Waals surface area contributed by atoms with Crippen molar-refractivity contribution in [3.8, 4) is 0 Å². The van der Waals surface area contributed by atoms with Crippen molar-refractivity contribution in [3.05, 3.63) is 10.6 Å². The molecule has 1 aliphatic rings. The van der Waals surface area contributed by atoms with Crippen molar-refractivity contribution >= 4 is 16.5 Å². The highest BCUT2D eigenvalue weighted by Crippen LogP contribution is 2.30. The smallest absolute Gasteiger partial charge is 0.185 e. The Morgan fingerprint density at radius 3 is 2.88 bits per heavy atom. The van der Waals surface area contributed by atoms with E-state index in [0.29, 0.717) is 6.04 Å². The van der Waals surface area contributed by atoms with Crippen molar-refractivity contribution in [2.24, 2.45) is 5.92 Å². The molecule has 4 heteroatoms.